The van der Waals surface area contributed by atoms with E-state index in [-0.39, 0.29) is 29.1 Å². The molecule has 1 saturated heterocycles. The number of rotatable bonds is 6. The maximum atomic E-state index is 12.5. The van der Waals surface area contributed by atoms with Crippen molar-refractivity contribution >= 4 is 32.6 Å². The van der Waals surface area contributed by atoms with Gasteiger partial charge in [0, 0.05) is 18.0 Å². The summed E-state index contributed by atoms with van der Waals surface area (Å²) in [5, 5.41) is 7.31. The van der Waals surface area contributed by atoms with E-state index in [1.165, 1.54) is 4.90 Å². The van der Waals surface area contributed by atoms with E-state index in [9.17, 15) is 18.0 Å². The predicted octanol–water partition coefficient (Wildman–Crippen LogP) is 1.15. The van der Waals surface area contributed by atoms with E-state index in [2.05, 4.69) is 10.2 Å². The van der Waals surface area contributed by atoms with Gasteiger partial charge < -0.3 is 9.64 Å². The molecule has 0 saturated carbocycles. The highest BCUT2D eigenvalue weighted by atomic mass is 32.2. The Balaban J connectivity index is 1.65. The summed E-state index contributed by atoms with van der Waals surface area (Å²) in [5.41, 5.74) is 0.827. The first-order valence-corrected chi connectivity index (χ1v) is 10.3. The summed E-state index contributed by atoms with van der Waals surface area (Å²) in [6.45, 7) is 1.91. The summed E-state index contributed by atoms with van der Waals surface area (Å²) in [6, 6.07) is 6.77. The number of hydrogen-bond acceptors (Lipinski definition) is 6. The van der Waals surface area contributed by atoms with Crippen molar-refractivity contribution in [1.29, 1.82) is 0 Å². The Bertz CT molecular complexity index is 921. The molecule has 0 bridgehead atoms. The first-order chi connectivity index (χ1) is 12.4. The fraction of sp³-hybridized carbons (Fsp3) is 0.471. The van der Waals surface area contributed by atoms with Gasteiger partial charge in [0.05, 0.1) is 17.0 Å². The quantitative estimate of drug-likeness (QED) is 0.754. The van der Waals surface area contributed by atoms with Gasteiger partial charge in [0.25, 0.3) is 5.91 Å². The van der Waals surface area contributed by atoms with Gasteiger partial charge in [-0.05, 0) is 18.9 Å². The van der Waals surface area contributed by atoms with Gasteiger partial charge in [0.2, 0.25) is 0 Å². The van der Waals surface area contributed by atoms with Crippen LogP contribution in [0.4, 0.5) is 0 Å². The number of para-hydroxylation sites is 1. The number of aromatic nitrogens is 2. The third kappa shape index (κ3) is 3.87. The molecule has 1 atom stereocenters. The summed E-state index contributed by atoms with van der Waals surface area (Å²) in [4.78, 5) is 26.3. The molecule has 0 radical (unpaired) electrons. The van der Waals surface area contributed by atoms with Gasteiger partial charge in [-0.25, -0.2) is 13.2 Å². The maximum Gasteiger partial charge on any atom is 0.359 e. The lowest BCUT2D eigenvalue weighted by molar-refractivity contribution is -0.136. The number of esters is 1. The monoisotopic (exact) mass is 379 g/mol. The summed E-state index contributed by atoms with van der Waals surface area (Å²) < 4.78 is 28.5. The Kier molecular flexibility index (Phi) is 5.26. The molecule has 1 aromatic carbocycles. The van der Waals surface area contributed by atoms with Crippen LogP contribution in [0.3, 0.4) is 0 Å². The molecule has 1 N–H and O–H groups in total. The third-order valence-corrected chi connectivity index (χ3v) is 6.17. The van der Waals surface area contributed by atoms with E-state index >= 15 is 0 Å². The Morgan fingerprint density at radius 2 is 2.12 bits per heavy atom. The molecular formula is C17H21N3O5S. The second-order valence-corrected chi connectivity index (χ2v) is 8.57. The van der Waals surface area contributed by atoms with Crippen molar-refractivity contribution in [2.24, 2.45) is 0 Å². The Hall–Kier alpha value is -2.42. The average molecular weight is 379 g/mol. The SMILES string of the molecule is CCCN(C(=O)COC(=O)c1n[nH]c2ccccc12)C1CCS(=O)(=O)C1. The van der Waals surface area contributed by atoms with Crippen molar-refractivity contribution in [2.75, 3.05) is 24.7 Å². The molecule has 26 heavy (non-hydrogen) atoms. The van der Waals surface area contributed by atoms with Gasteiger partial charge in [0.1, 0.15) is 0 Å². The van der Waals surface area contributed by atoms with Crippen LogP contribution in [0.1, 0.15) is 30.3 Å². The number of benzene rings is 1. The van der Waals surface area contributed by atoms with Crippen molar-refractivity contribution < 1.29 is 22.7 Å². The molecule has 3 rings (SSSR count). The minimum Gasteiger partial charge on any atom is -0.451 e. The van der Waals surface area contributed by atoms with Gasteiger partial charge in [-0.15, -0.1) is 0 Å². The molecule has 1 amide bonds. The predicted molar refractivity (Wildman–Crippen MR) is 95.4 cm³/mol. The van der Waals surface area contributed by atoms with E-state index in [1.54, 1.807) is 18.2 Å². The van der Waals surface area contributed by atoms with Gasteiger partial charge in [0.15, 0.2) is 22.1 Å². The second-order valence-electron chi connectivity index (χ2n) is 6.34. The number of amides is 1. The number of sulfone groups is 1. The molecule has 1 fully saturated rings. The molecule has 2 aromatic rings. The number of aromatic amines is 1. The average Bonchev–Trinajstić information content (AvgIpc) is 3.20. The highest BCUT2D eigenvalue weighted by Gasteiger charge is 2.34. The van der Waals surface area contributed by atoms with Gasteiger partial charge in [-0.2, -0.15) is 5.10 Å². The normalized spacial score (nSPS) is 18.7. The lowest BCUT2D eigenvalue weighted by atomic mass is 10.2. The zero-order valence-electron chi connectivity index (χ0n) is 14.5. The number of hydrogen-bond donors (Lipinski definition) is 1. The lowest BCUT2D eigenvalue weighted by Gasteiger charge is -2.27. The number of nitrogens with one attached hydrogen (secondary N) is 1. The van der Waals surface area contributed by atoms with Gasteiger partial charge >= 0.3 is 5.97 Å². The molecule has 2 heterocycles. The zero-order chi connectivity index (χ0) is 18.7. The molecular weight excluding hydrogens is 358 g/mol. The highest BCUT2D eigenvalue weighted by Crippen LogP contribution is 2.19. The van der Waals surface area contributed by atoms with Crippen molar-refractivity contribution in [3.63, 3.8) is 0 Å². The van der Waals surface area contributed by atoms with E-state index in [0.29, 0.717) is 30.3 Å². The van der Waals surface area contributed by atoms with Crippen molar-refractivity contribution in [1.82, 2.24) is 15.1 Å². The van der Waals surface area contributed by atoms with Crippen LogP contribution >= 0.6 is 0 Å². The Morgan fingerprint density at radius 1 is 1.35 bits per heavy atom. The van der Waals surface area contributed by atoms with Crippen molar-refractivity contribution in [2.45, 2.75) is 25.8 Å². The van der Waals surface area contributed by atoms with Crippen LogP contribution in [0.15, 0.2) is 24.3 Å². The van der Waals surface area contributed by atoms with E-state index in [4.69, 9.17) is 4.74 Å². The molecule has 0 spiro atoms. The zero-order valence-corrected chi connectivity index (χ0v) is 15.3. The Labute approximate surface area is 151 Å². The summed E-state index contributed by atoms with van der Waals surface area (Å²) in [7, 11) is -3.10. The van der Waals surface area contributed by atoms with Crippen LogP contribution < -0.4 is 0 Å². The number of fused-ring (bicyclic) bond motifs is 1. The van der Waals surface area contributed by atoms with E-state index in [0.717, 1.165) is 0 Å². The van der Waals surface area contributed by atoms with E-state index in [1.807, 2.05) is 13.0 Å². The molecule has 0 aliphatic carbocycles. The summed E-state index contributed by atoms with van der Waals surface area (Å²) in [5.74, 6) is -1.02. The van der Waals surface area contributed by atoms with Gasteiger partial charge in [-0.1, -0.05) is 25.1 Å². The maximum absolute atomic E-state index is 12.5. The fourth-order valence-electron chi connectivity index (χ4n) is 3.17. The number of nitrogens with zero attached hydrogens (tertiary/aromatic N) is 2. The Morgan fingerprint density at radius 3 is 2.81 bits per heavy atom. The van der Waals surface area contributed by atoms with Crippen LogP contribution in [0.5, 0.6) is 0 Å². The minimum absolute atomic E-state index is 0.0311. The molecule has 1 aliphatic rings. The molecule has 1 unspecified atom stereocenters. The first-order valence-electron chi connectivity index (χ1n) is 8.51. The highest BCUT2D eigenvalue weighted by molar-refractivity contribution is 7.91. The molecule has 1 aliphatic heterocycles. The largest absolute Gasteiger partial charge is 0.451 e. The fourth-order valence-corrected chi connectivity index (χ4v) is 4.90. The van der Waals surface area contributed by atoms with Crippen molar-refractivity contribution in [3.8, 4) is 0 Å². The lowest BCUT2D eigenvalue weighted by Crippen LogP contribution is -2.43. The molecule has 140 valence electrons. The molecule has 1 aromatic heterocycles. The third-order valence-electron chi connectivity index (χ3n) is 4.42. The van der Waals surface area contributed by atoms with E-state index < -0.39 is 22.4 Å². The standard InChI is InChI=1S/C17H21N3O5S/c1-2-8-20(12-7-9-26(23,24)11-12)15(21)10-25-17(22)16-13-5-3-4-6-14(13)18-19-16/h3-6,12H,2,7-11H2,1H3,(H,18,19). The van der Waals surface area contributed by atoms with Crippen LogP contribution in [0.2, 0.25) is 0 Å². The second kappa shape index (κ2) is 7.45. The van der Waals surface area contributed by atoms with Crippen LogP contribution in [-0.4, -0.2) is 66.1 Å². The number of H-pyrrole nitrogens is 1. The summed E-state index contributed by atoms with van der Waals surface area (Å²) in [6.07, 6.45) is 1.12. The number of carbonyl (C=O) groups is 2. The number of ether oxygens (including phenoxy) is 1. The topological polar surface area (TPSA) is 109 Å². The molecule has 9 heteroatoms. The van der Waals surface area contributed by atoms with Crippen LogP contribution in [-0.2, 0) is 19.4 Å². The van der Waals surface area contributed by atoms with Gasteiger partial charge in [-0.3, -0.25) is 9.89 Å². The minimum atomic E-state index is -3.10. The van der Waals surface area contributed by atoms with Crippen molar-refractivity contribution in [3.05, 3.63) is 30.0 Å². The van der Waals surface area contributed by atoms with Crippen LogP contribution in [0, 0.1) is 0 Å². The number of carbonyl (C=O) groups excluding carboxylic acids is 2. The molecule has 8 nitrogen and oxygen atoms in total. The first kappa shape index (κ1) is 18.4. The van der Waals surface area contributed by atoms with Crippen LogP contribution in [0.25, 0.3) is 10.9 Å². The smallest absolute Gasteiger partial charge is 0.359 e. The summed E-state index contributed by atoms with van der Waals surface area (Å²) >= 11 is 0.